The molecule has 2 aromatic rings. The van der Waals surface area contributed by atoms with Crippen molar-refractivity contribution in [3.63, 3.8) is 0 Å². The molecule has 1 aromatic heterocycles. The van der Waals surface area contributed by atoms with E-state index in [4.69, 9.17) is 14.2 Å². The Morgan fingerprint density at radius 3 is 2.06 bits per heavy atom. The molecule has 0 aliphatic heterocycles. The minimum absolute atomic E-state index is 0.114. The fraction of sp³-hybridized carbons (Fsp3) is 0.409. The third kappa shape index (κ3) is 7.07. The Morgan fingerprint density at radius 2 is 1.56 bits per heavy atom. The van der Waals surface area contributed by atoms with Crippen molar-refractivity contribution >= 4 is 17.9 Å². The number of pyridine rings is 1. The van der Waals surface area contributed by atoms with Crippen LogP contribution in [0.4, 0.5) is 24.1 Å². The van der Waals surface area contributed by atoms with E-state index in [9.17, 15) is 18.4 Å². The van der Waals surface area contributed by atoms with Crippen LogP contribution in [0.3, 0.4) is 0 Å². The summed E-state index contributed by atoms with van der Waals surface area (Å²) >= 11 is 0. The number of anilines is 1. The zero-order valence-corrected chi connectivity index (χ0v) is 19.1. The highest BCUT2D eigenvalue weighted by molar-refractivity contribution is 5.91. The van der Waals surface area contributed by atoms with Crippen LogP contribution in [0.15, 0.2) is 30.5 Å². The molecule has 1 N–H and O–H groups in total. The van der Waals surface area contributed by atoms with Gasteiger partial charge in [0.25, 0.3) is 0 Å². The first-order valence-electron chi connectivity index (χ1n) is 9.77. The van der Waals surface area contributed by atoms with E-state index in [1.165, 1.54) is 18.3 Å². The van der Waals surface area contributed by atoms with Gasteiger partial charge in [-0.2, -0.15) is 5.01 Å². The van der Waals surface area contributed by atoms with Gasteiger partial charge in [0.2, 0.25) is 11.6 Å². The molecule has 8 nitrogen and oxygen atoms in total. The predicted octanol–water partition coefficient (Wildman–Crippen LogP) is 5.64. The van der Waals surface area contributed by atoms with Crippen molar-refractivity contribution in [1.82, 2.24) is 10.4 Å². The third-order valence-corrected chi connectivity index (χ3v) is 3.60. The molecular formula is C22H27F2N3O5. The Hall–Kier alpha value is -3.43. The number of para-hydroxylation sites is 1. The number of aromatic nitrogens is 1. The first kappa shape index (κ1) is 24.8. The first-order chi connectivity index (χ1) is 14.7. The van der Waals surface area contributed by atoms with E-state index in [0.29, 0.717) is 5.56 Å². The molecule has 0 bridgehead atoms. The summed E-state index contributed by atoms with van der Waals surface area (Å²) in [6, 6.07) is 4.67. The summed E-state index contributed by atoms with van der Waals surface area (Å²) in [6.07, 6.45) is -0.580. The number of nitrogens with one attached hydrogen (secondary N) is 1. The smallest absolute Gasteiger partial charge is 0.434 e. The summed E-state index contributed by atoms with van der Waals surface area (Å²) in [7, 11) is 0. The fourth-order valence-electron chi connectivity index (χ4n) is 2.40. The van der Waals surface area contributed by atoms with Gasteiger partial charge in [-0.3, -0.25) is 0 Å². The number of amides is 2. The maximum atomic E-state index is 13.9. The van der Waals surface area contributed by atoms with E-state index in [2.05, 4.69) is 10.4 Å². The number of benzene rings is 1. The fourth-order valence-corrected chi connectivity index (χ4v) is 2.40. The zero-order chi connectivity index (χ0) is 24.3. The van der Waals surface area contributed by atoms with Crippen LogP contribution in [0.1, 0.15) is 47.1 Å². The van der Waals surface area contributed by atoms with Gasteiger partial charge in [0.05, 0.1) is 11.9 Å². The molecule has 0 radical (unpaired) electrons. The second kappa shape index (κ2) is 9.37. The van der Waals surface area contributed by atoms with Crippen LogP contribution >= 0.6 is 0 Å². The van der Waals surface area contributed by atoms with Crippen LogP contribution in [0.25, 0.3) is 0 Å². The van der Waals surface area contributed by atoms with Gasteiger partial charge in [-0.05, 0) is 66.2 Å². The number of carbonyl (C=O) groups is 2. The van der Waals surface area contributed by atoms with E-state index in [-0.39, 0.29) is 11.6 Å². The zero-order valence-electron chi connectivity index (χ0n) is 19.1. The highest BCUT2D eigenvalue weighted by Crippen LogP contribution is 2.29. The van der Waals surface area contributed by atoms with Crippen LogP contribution in [-0.2, 0) is 9.47 Å². The van der Waals surface area contributed by atoms with Gasteiger partial charge in [0.1, 0.15) is 11.2 Å². The van der Waals surface area contributed by atoms with Crippen LogP contribution in [0, 0.1) is 18.6 Å². The Bertz CT molecular complexity index is 980. The molecule has 1 heterocycles. The lowest BCUT2D eigenvalue weighted by molar-refractivity contribution is 0.0425. The maximum Gasteiger partial charge on any atom is 0.434 e. The van der Waals surface area contributed by atoms with Gasteiger partial charge in [0.15, 0.2) is 11.6 Å². The van der Waals surface area contributed by atoms with Gasteiger partial charge in [-0.15, -0.1) is 0 Å². The van der Waals surface area contributed by atoms with Crippen molar-refractivity contribution < 1.29 is 32.6 Å². The van der Waals surface area contributed by atoms with Gasteiger partial charge in [0, 0.05) is 6.07 Å². The van der Waals surface area contributed by atoms with Crippen LogP contribution in [-0.4, -0.2) is 28.4 Å². The van der Waals surface area contributed by atoms with Crippen molar-refractivity contribution in [2.75, 3.05) is 5.01 Å². The molecular weight excluding hydrogens is 424 g/mol. The highest BCUT2D eigenvalue weighted by atomic mass is 19.1. The lowest BCUT2D eigenvalue weighted by atomic mass is 10.2. The molecule has 32 heavy (non-hydrogen) atoms. The lowest BCUT2D eigenvalue weighted by Crippen LogP contribution is -2.50. The number of carbonyl (C=O) groups excluding carboxylic acids is 2. The van der Waals surface area contributed by atoms with Crippen LogP contribution < -0.4 is 15.2 Å². The third-order valence-electron chi connectivity index (χ3n) is 3.60. The van der Waals surface area contributed by atoms with Crippen LogP contribution in [0.2, 0.25) is 0 Å². The van der Waals surface area contributed by atoms with Gasteiger partial charge in [-0.1, -0.05) is 6.07 Å². The minimum atomic E-state index is -0.893. The van der Waals surface area contributed by atoms with Crippen molar-refractivity contribution in [3.8, 4) is 11.6 Å². The molecule has 10 heteroatoms. The number of aryl methyl sites for hydroxylation is 1. The number of rotatable bonds is 3. The van der Waals surface area contributed by atoms with Gasteiger partial charge >= 0.3 is 12.2 Å². The lowest BCUT2D eigenvalue weighted by Gasteiger charge is -2.29. The quantitative estimate of drug-likeness (QED) is 0.607. The monoisotopic (exact) mass is 451 g/mol. The molecule has 0 fully saturated rings. The highest BCUT2D eigenvalue weighted by Gasteiger charge is 2.29. The molecule has 0 unspecified atom stereocenters. The van der Waals surface area contributed by atoms with E-state index in [0.717, 1.165) is 17.1 Å². The summed E-state index contributed by atoms with van der Waals surface area (Å²) in [5.74, 6) is -2.51. The number of ether oxygens (including phenoxy) is 3. The molecule has 1 aromatic carbocycles. The average molecular weight is 451 g/mol. The average Bonchev–Trinajstić information content (AvgIpc) is 2.60. The largest absolute Gasteiger partial charge is 0.443 e. The number of hydrogen-bond acceptors (Lipinski definition) is 6. The summed E-state index contributed by atoms with van der Waals surface area (Å²) in [6.45, 7) is 11.6. The number of hydrogen-bond donors (Lipinski definition) is 1. The molecule has 2 amide bonds. The molecule has 174 valence electrons. The Labute approximate surface area is 185 Å². The van der Waals surface area contributed by atoms with Crippen molar-refractivity contribution in [3.05, 3.63) is 47.7 Å². The number of nitrogens with zero attached hydrogens (tertiary/aromatic N) is 2. The second-order valence-electron chi connectivity index (χ2n) is 8.89. The normalized spacial score (nSPS) is 11.5. The van der Waals surface area contributed by atoms with E-state index in [1.54, 1.807) is 48.5 Å². The number of halogens is 2. The Morgan fingerprint density at radius 1 is 1.00 bits per heavy atom. The van der Waals surface area contributed by atoms with E-state index < -0.39 is 40.8 Å². The Balaban J connectivity index is 2.35. The van der Waals surface area contributed by atoms with Crippen molar-refractivity contribution in [2.45, 2.75) is 59.7 Å². The summed E-state index contributed by atoms with van der Waals surface area (Å²) in [5, 5.41) is 0.842. The van der Waals surface area contributed by atoms with E-state index in [1.807, 2.05) is 0 Å². The Kier molecular flexibility index (Phi) is 7.27. The van der Waals surface area contributed by atoms with Crippen molar-refractivity contribution in [2.24, 2.45) is 0 Å². The molecule has 0 atom stereocenters. The standard InChI is InChI=1S/C22H27F2N3O5/c1-13-11-17(30-18-14(23)9-8-10-15(18)24)25-12-16(13)27(20(29)32-22(5,6)7)26-19(28)31-21(2,3)4/h8-12H,1-7H3,(H,26,28). The minimum Gasteiger partial charge on any atom is -0.443 e. The SMILES string of the molecule is Cc1cc(Oc2c(F)cccc2F)ncc1N(NC(=O)OC(C)(C)C)C(=O)OC(C)(C)C. The molecule has 0 saturated carbocycles. The predicted molar refractivity (Wildman–Crippen MR) is 113 cm³/mol. The maximum absolute atomic E-state index is 13.9. The summed E-state index contributed by atoms with van der Waals surface area (Å²) in [5.41, 5.74) is 1.22. The van der Waals surface area contributed by atoms with Crippen molar-refractivity contribution in [1.29, 1.82) is 0 Å². The number of hydrazine groups is 1. The summed E-state index contributed by atoms with van der Waals surface area (Å²) in [4.78, 5) is 29.1. The molecule has 0 aliphatic carbocycles. The second-order valence-corrected chi connectivity index (χ2v) is 8.89. The molecule has 0 aliphatic rings. The molecule has 2 rings (SSSR count). The molecule has 0 saturated heterocycles. The van der Waals surface area contributed by atoms with Gasteiger partial charge < -0.3 is 14.2 Å². The first-order valence-corrected chi connectivity index (χ1v) is 9.77. The summed E-state index contributed by atoms with van der Waals surface area (Å²) < 4.78 is 43.5. The van der Waals surface area contributed by atoms with Gasteiger partial charge in [-0.25, -0.2) is 28.8 Å². The topological polar surface area (TPSA) is 90.0 Å². The molecule has 0 spiro atoms. The van der Waals surface area contributed by atoms with E-state index >= 15 is 0 Å². The van der Waals surface area contributed by atoms with Crippen LogP contribution in [0.5, 0.6) is 11.6 Å².